The van der Waals surface area contributed by atoms with E-state index in [9.17, 15) is 0 Å². The van der Waals surface area contributed by atoms with Crippen molar-refractivity contribution in [2.75, 3.05) is 0 Å². The molecule has 0 saturated heterocycles. The van der Waals surface area contributed by atoms with E-state index in [-0.39, 0.29) is 6.10 Å². The van der Waals surface area contributed by atoms with Crippen molar-refractivity contribution in [1.29, 1.82) is 0 Å². The van der Waals surface area contributed by atoms with E-state index in [1.165, 1.54) is 21.9 Å². The van der Waals surface area contributed by atoms with Crippen molar-refractivity contribution in [2.45, 2.75) is 37.4 Å². The largest absolute Gasteiger partial charge is 0.483 e. The molecule has 30 heavy (non-hydrogen) atoms. The first-order valence-corrected chi connectivity index (χ1v) is 11.0. The van der Waals surface area contributed by atoms with Crippen molar-refractivity contribution in [1.82, 2.24) is 14.8 Å². The maximum absolute atomic E-state index is 6.14. The zero-order chi connectivity index (χ0) is 20.9. The van der Waals surface area contributed by atoms with Gasteiger partial charge in [-0.3, -0.25) is 4.57 Å². The monoisotopic (exact) mass is 415 g/mol. The molecule has 4 rings (SSSR count). The molecule has 0 aliphatic heterocycles. The van der Waals surface area contributed by atoms with E-state index in [2.05, 4.69) is 76.8 Å². The molecule has 4 nitrogen and oxygen atoms in total. The van der Waals surface area contributed by atoms with Gasteiger partial charge in [-0.1, -0.05) is 72.4 Å². The van der Waals surface area contributed by atoms with Crippen LogP contribution in [0.3, 0.4) is 0 Å². The minimum atomic E-state index is -0.217. The van der Waals surface area contributed by atoms with Crippen LogP contribution in [0, 0.1) is 6.92 Å². The molecule has 0 aliphatic carbocycles. The van der Waals surface area contributed by atoms with Gasteiger partial charge in [0.05, 0.1) is 0 Å². The fraction of sp³-hybridized carbons (Fsp3) is 0.200. The van der Waals surface area contributed by atoms with Gasteiger partial charge in [0.2, 0.25) is 0 Å². The average molecular weight is 416 g/mol. The molecule has 0 saturated carbocycles. The highest BCUT2D eigenvalue weighted by molar-refractivity contribution is 7.98. The van der Waals surface area contributed by atoms with Crippen LogP contribution in [0.25, 0.3) is 10.8 Å². The van der Waals surface area contributed by atoms with Gasteiger partial charge in [0.1, 0.15) is 5.75 Å². The Morgan fingerprint density at radius 1 is 1.07 bits per heavy atom. The highest BCUT2D eigenvalue weighted by Crippen LogP contribution is 2.29. The van der Waals surface area contributed by atoms with Gasteiger partial charge in [0, 0.05) is 12.3 Å². The van der Waals surface area contributed by atoms with E-state index in [4.69, 9.17) is 4.74 Å². The van der Waals surface area contributed by atoms with Gasteiger partial charge in [0.15, 0.2) is 17.1 Å². The minimum absolute atomic E-state index is 0.217. The Labute approximate surface area is 181 Å². The van der Waals surface area contributed by atoms with E-state index in [1.54, 1.807) is 11.8 Å². The van der Waals surface area contributed by atoms with Crippen LogP contribution >= 0.6 is 11.8 Å². The van der Waals surface area contributed by atoms with Gasteiger partial charge in [-0.2, -0.15) is 0 Å². The summed E-state index contributed by atoms with van der Waals surface area (Å²) in [7, 11) is 0. The second-order valence-electron chi connectivity index (χ2n) is 7.24. The number of benzene rings is 3. The van der Waals surface area contributed by atoms with Gasteiger partial charge >= 0.3 is 0 Å². The van der Waals surface area contributed by atoms with E-state index in [0.717, 1.165) is 22.5 Å². The number of hydrogen-bond donors (Lipinski definition) is 0. The summed E-state index contributed by atoms with van der Waals surface area (Å²) in [6.07, 6.45) is 1.65. The van der Waals surface area contributed by atoms with Gasteiger partial charge < -0.3 is 4.74 Å². The molecule has 0 radical (unpaired) electrons. The topological polar surface area (TPSA) is 39.9 Å². The third-order valence-corrected chi connectivity index (χ3v) is 5.98. The highest BCUT2D eigenvalue weighted by atomic mass is 32.2. The van der Waals surface area contributed by atoms with Crippen molar-refractivity contribution in [3.05, 3.63) is 96.3 Å². The fourth-order valence-corrected chi connectivity index (χ4v) is 4.47. The highest BCUT2D eigenvalue weighted by Gasteiger charge is 2.19. The standard InChI is InChI=1S/C25H25N3OS/c1-4-15-28-24(19(3)29-22-13-7-9-18(2)16-22)26-27-25(28)30-17-21-12-8-11-20-10-5-6-14-23(20)21/h4-14,16,19H,1,15,17H2,2-3H3. The van der Waals surface area contributed by atoms with Crippen molar-refractivity contribution in [2.24, 2.45) is 0 Å². The predicted molar refractivity (Wildman–Crippen MR) is 124 cm³/mol. The molecule has 5 heteroatoms. The molecule has 0 amide bonds. The molecule has 3 aromatic carbocycles. The van der Waals surface area contributed by atoms with Crippen LogP contribution in [-0.2, 0) is 12.3 Å². The molecule has 0 N–H and O–H groups in total. The van der Waals surface area contributed by atoms with Crippen LogP contribution in [0.5, 0.6) is 5.75 Å². The first-order chi connectivity index (χ1) is 14.7. The van der Waals surface area contributed by atoms with Gasteiger partial charge in [-0.25, -0.2) is 0 Å². The number of allylic oxidation sites excluding steroid dienone is 1. The van der Waals surface area contributed by atoms with Crippen molar-refractivity contribution >= 4 is 22.5 Å². The summed E-state index contributed by atoms with van der Waals surface area (Å²) in [5.74, 6) is 2.46. The maximum atomic E-state index is 6.14. The summed E-state index contributed by atoms with van der Waals surface area (Å²) >= 11 is 1.69. The molecule has 1 heterocycles. The quantitative estimate of drug-likeness (QED) is 0.248. The molecule has 1 unspecified atom stereocenters. The van der Waals surface area contributed by atoms with Gasteiger partial charge in [-0.15, -0.1) is 16.8 Å². The molecular formula is C25H25N3OS. The predicted octanol–water partition coefficient (Wildman–Crippen LogP) is 6.36. The Bertz CT molecular complexity index is 1160. The SMILES string of the molecule is C=CCn1c(SCc2cccc3ccccc23)nnc1C(C)Oc1cccc(C)c1. The zero-order valence-electron chi connectivity index (χ0n) is 17.3. The molecule has 0 fully saturated rings. The van der Waals surface area contributed by atoms with Crippen LogP contribution in [0.4, 0.5) is 0 Å². The van der Waals surface area contributed by atoms with E-state index >= 15 is 0 Å². The third kappa shape index (κ3) is 4.41. The number of aryl methyl sites for hydroxylation is 1. The second-order valence-corrected chi connectivity index (χ2v) is 8.19. The van der Waals surface area contributed by atoms with Crippen molar-refractivity contribution < 1.29 is 4.74 Å². The molecule has 0 bridgehead atoms. The van der Waals surface area contributed by atoms with Crippen LogP contribution < -0.4 is 4.74 Å². The molecule has 152 valence electrons. The van der Waals surface area contributed by atoms with Crippen LogP contribution in [0.15, 0.2) is 84.5 Å². The summed E-state index contributed by atoms with van der Waals surface area (Å²) in [6, 6.07) is 22.9. The maximum Gasteiger partial charge on any atom is 0.191 e. The Kier molecular flexibility index (Phi) is 6.19. The smallest absolute Gasteiger partial charge is 0.191 e. The van der Waals surface area contributed by atoms with Crippen LogP contribution in [-0.4, -0.2) is 14.8 Å². The average Bonchev–Trinajstić information content (AvgIpc) is 3.15. The van der Waals surface area contributed by atoms with Crippen LogP contribution in [0.1, 0.15) is 30.0 Å². The van der Waals surface area contributed by atoms with E-state index < -0.39 is 0 Å². The first kappa shape index (κ1) is 20.2. The van der Waals surface area contributed by atoms with Crippen molar-refractivity contribution in [3.8, 4) is 5.75 Å². The number of nitrogens with zero attached hydrogens (tertiary/aromatic N) is 3. The number of rotatable bonds is 8. The van der Waals surface area contributed by atoms with Crippen molar-refractivity contribution in [3.63, 3.8) is 0 Å². The fourth-order valence-electron chi connectivity index (χ4n) is 3.51. The van der Waals surface area contributed by atoms with Crippen LogP contribution in [0.2, 0.25) is 0 Å². The Hall–Kier alpha value is -3.05. The number of thioether (sulfide) groups is 1. The Morgan fingerprint density at radius 2 is 1.87 bits per heavy atom. The Morgan fingerprint density at radius 3 is 2.70 bits per heavy atom. The van der Waals surface area contributed by atoms with E-state index in [1.807, 2.05) is 31.2 Å². The lowest BCUT2D eigenvalue weighted by Gasteiger charge is -2.16. The number of ether oxygens (including phenoxy) is 1. The summed E-state index contributed by atoms with van der Waals surface area (Å²) < 4.78 is 8.22. The lowest BCUT2D eigenvalue weighted by Crippen LogP contribution is -2.12. The molecule has 1 aromatic heterocycles. The van der Waals surface area contributed by atoms with Gasteiger partial charge in [0.25, 0.3) is 0 Å². The third-order valence-electron chi connectivity index (χ3n) is 4.96. The lowest BCUT2D eigenvalue weighted by molar-refractivity contribution is 0.210. The zero-order valence-corrected chi connectivity index (χ0v) is 18.1. The normalized spacial score (nSPS) is 12.1. The molecule has 1 atom stereocenters. The summed E-state index contributed by atoms with van der Waals surface area (Å²) in [5.41, 5.74) is 2.45. The summed E-state index contributed by atoms with van der Waals surface area (Å²) in [5, 5.41) is 12.3. The minimum Gasteiger partial charge on any atom is -0.483 e. The molecule has 0 aliphatic rings. The summed E-state index contributed by atoms with van der Waals surface area (Å²) in [4.78, 5) is 0. The van der Waals surface area contributed by atoms with E-state index in [0.29, 0.717) is 6.54 Å². The number of hydrogen-bond acceptors (Lipinski definition) is 4. The molecule has 4 aromatic rings. The second kappa shape index (κ2) is 9.18. The molecular weight excluding hydrogens is 390 g/mol. The lowest BCUT2D eigenvalue weighted by atomic mass is 10.1. The number of fused-ring (bicyclic) bond motifs is 1. The first-order valence-electron chi connectivity index (χ1n) is 10.0. The van der Waals surface area contributed by atoms with Gasteiger partial charge in [-0.05, 0) is 47.9 Å². The number of aromatic nitrogens is 3. The summed E-state index contributed by atoms with van der Waals surface area (Å²) in [6.45, 7) is 8.61. The molecule has 0 spiro atoms. The Balaban J connectivity index is 1.55.